The molecule has 4 heteroatoms. The second kappa shape index (κ2) is 7.63. The maximum atomic E-state index is 12.2. The van der Waals surface area contributed by atoms with Crippen LogP contribution in [0.25, 0.3) is 0 Å². The summed E-state index contributed by atoms with van der Waals surface area (Å²) in [7, 11) is 0. The molecule has 1 aliphatic carbocycles. The van der Waals surface area contributed by atoms with Crippen LogP contribution in [0.3, 0.4) is 0 Å². The van der Waals surface area contributed by atoms with E-state index in [1.165, 1.54) is 19.3 Å². The van der Waals surface area contributed by atoms with E-state index < -0.39 is 0 Å². The number of amides is 1. The topological polar surface area (TPSA) is 45.5 Å². The van der Waals surface area contributed by atoms with Gasteiger partial charge < -0.3 is 9.73 Å². The Balaban J connectivity index is 1.55. The number of hydrogen-bond acceptors (Lipinski definition) is 3. The summed E-state index contributed by atoms with van der Waals surface area (Å²) in [5.74, 6) is 1.55. The molecule has 2 aliphatic rings. The van der Waals surface area contributed by atoms with Gasteiger partial charge in [0, 0.05) is 13.0 Å². The molecule has 120 valence electrons. The molecular weight excluding hydrogens is 276 g/mol. The number of hydrogen-bond donors (Lipinski definition) is 1. The Labute approximate surface area is 132 Å². The molecular formula is C18H26N2O2. The van der Waals surface area contributed by atoms with E-state index in [9.17, 15) is 4.79 Å². The molecule has 22 heavy (non-hydrogen) atoms. The second-order valence-corrected chi connectivity index (χ2v) is 6.40. The molecule has 1 amide bonds. The zero-order valence-electron chi connectivity index (χ0n) is 13.2. The van der Waals surface area contributed by atoms with Crippen LogP contribution in [0.4, 0.5) is 0 Å². The highest BCUT2D eigenvalue weighted by Crippen LogP contribution is 2.25. The smallest absolute Gasteiger partial charge is 0.220 e. The Morgan fingerprint density at radius 3 is 2.91 bits per heavy atom. The number of nitrogens with one attached hydrogen (secondary N) is 1. The van der Waals surface area contributed by atoms with E-state index in [2.05, 4.69) is 22.4 Å². The van der Waals surface area contributed by atoms with Gasteiger partial charge in [0.05, 0.1) is 12.3 Å². The summed E-state index contributed by atoms with van der Waals surface area (Å²) in [5, 5.41) is 3.12. The summed E-state index contributed by atoms with van der Waals surface area (Å²) in [6.45, 7) is 2.82. The fourth-order valence-electron chi connectivity index (χ4n) is 3.51. The van der Waals surface area contributed by atoms with Gasteiger partial charge in [-0.05, 0) is 56.8 Å². The minimum Gasteiger partial charge on any atom is -0.468 e. The first-order chi connectivity index (χ1) is 10.8. The van der Waals surface area contributed by atoms with Gasteiger partial charge in [0.1, 0.15) is 5.76 Å². The predicted octanol–water partition coefficient (Wildman–Crippen LogP) is 3.28. The maximum Gasteiger partial charge on any atom is 0.220 e. The van der Waals surface area contributed by atoms with Crippen LogP contribution in [0.15, 0.2) is 35.0 Å². The summed E-state index contributed by atoms with van der Waals surface area (Å²) in [5.41, 5.74) is 0. The van der Waals surface area contributed by atoms with E-state index in [0.717, 1.165) is 31.7 Å². The highest BCUT2D eigenvalue weighted by molar-refractivity contribution is 5.76. The van der Waals surface area contributed by atoms with Crippen LogP contribution in [0.1, 0.15) is 50.3 Å². The van der Waals surface area contributed by atoms with Crippen molar-refractivity contribution >= 4 is 5.91 Å². The van der Waals surface area contributed by atoms with Gasteiger partial charge in [-0.15, -0.1) is 0 Å². The number of allylic oxidation sites excluding steroid dienone is 2. The van der Waals surface area contributed by atoms with Gasteiger partial charge in [-0.3, -0.25) is 9.69 Å². The standard InChI is InChI=1S/C18H26N2O2/c21-18(13-15-7-2-3-8-15)19-14-16(17-9-6-12-22-17)20-10-4-1-5-11-20/h2,6-7,9,12,15-16H,1,3-5,8,10-11,13-14H2,(H,19,21)/t15-,16+/m1/s1. The first-order valence-electron chi connectivity index (χ1n) is 8.54. The van der Waals surface area contributed by atoms with Crippen molar-refractivity contribution in [3.05, 3.63) is 36.3 Å². The van der Waals surface area contributed by atoms with E-state index in [-0.39, 0.29) is 11.9 Å². The van der Waals surface area contributed by atoms with Gasteiger partial charge >= 0.3 is 0 Å². The van der Waals surface area contributed by atoms with Crippen molar-refractivity contribution in [1.82, 2.24) is 10.2 Å². The molecule has 4 nitrogen and oxygen atoms in total. The Hall–Kier alpha value is -1.55. The number of likely N-dealkylation sites (tertiary alicyclic amines) is 1. The molecule has 1 fully saturated rings. The van der Waals surface area contributed by atoms with Gasteiger partial charge in [-0.2, -0.15) is 0 Å². The number of carbonyl (C=O) groups excluding carboxylic acids is 1. The van der Waals surface area contributed by atoms with Gasteiger partial charge in [0.25, 0.3) is 0 Å². The van der Waals surface area contributed by atoms with Gasteiger partial charge in [-0.1, -0.05) is 18.6 Å². The molecule has 2 heterocycles. The third-order valence-corrected chi connectivity index (χ3v) is 4.76. The molecule has 1 aromatic heterocycles. The summed E-state index contributed by atoms with van der Waals surface area (Å²) >= 11 is 0. The predicted molar refractivity (Wildman–Crippen MR) is 86.4 cm³/mol. The van der Waals surface area contributed by atoms with Crippen molar-refractivity contribution in [1.29, 1.82) is 0 Å². The Morgan fingerprint density at radius 2 is 2.23 bits per heavy atom. The number of furan rings is 1. The molecule has 2 atom stereocenters. The zero-order chi connectivity index (χ0) is 15.2. The summed E-state index contributed by atoms with van der Waals surface area (Å²) < 4.78 is 5.61. The average molecular weight is 302 g/mol. The van der Waals surface area contributed by atoms with Crippen LogP contribution >= 0.6 is 0 Å². The van der Waals surface area contributed by atoms with Crippen molar-refractivity contribution in [3.8, 4) is 0 Å². The van der Waals surface area contributed by atoms with Crippen molar-refractivity contribution < 1.29 is 9.21 Å². The first kappa shape index (κ1) is 15.3. The Kier molecular flexibility index (Phi) is 5.33. The normalized spacial score (nSPS) is 23.5. The number of nitrogens with zero attached hydrogens (tertiary/aromatic N) is 1. The molecule has 1 aliphatic heterocycles. The van der Waals surface area contributed by atoms with Crippen molar-refractivity contribution in [2.75, 3.05) is 19.6 Å². The molecule has 0 saturated carbocycles. The van der Waals surface area contributed by atoms with Crippen molar-refractivity contribution in [3.63, 3.8) is 0 Å². The molecule has 1 aromatic rings. The zero-order valence-corrected chi connectivity index (χ0v) is 13.2. The number of piperidine rings is 1. The lowest BCUT2D eigenvalue weighted by molar-refractivity contribution is -0.122. The summed E-state index contributed by atoms with van der Waals surface area (Å²) in [6, 6.07) is 4.11. The number of rotatable bonds is 6. The highest BCUT2D eigenvalue weighted by atomic mass is 16.3. The van der Waals surface area contributed by atoms with Gasteiger partial charge in [0.2, 0.25) is 5.91 Å². The SMILES string of the molecule is O=C(C[C@@H]1C=CCC1)NC[C@@H](c1ccco1)N1CCCCC1. The first-order valence-corrected chi connectivity index (χ1v) is 8.54. The fourth-order valence-corrected chi connectivity index (χ4v) is 3.51. The van der Waals surface area contributed by atoms with E-state index >= 15 is 0 Å². The molecule has 0 aromatic carbocycles. The molecule has 1 N–H and O–H groups in total. The quantitative estimate of drug-likeness (QED) is 0.820. The van der Waals surface area contributed by atoms with E-state index in [0.29, 0.717) is 18.9 Å². The average Bonchev–Trinajstić information content (AvgIpc) is 3.22. The summed E-state index contributed by atoms with van der Waals surface area (Å²) in [4.78, 5) is 14.6. The largest absolute Gasteiger partial charge is 0.468 e. The Morgan fingerprint density at radius 1 is 1.36 bits per heavy atom. The maximum absolute atomic E-state index is 12.2. The van der Waals surface area contributed by atoms with Gasteiger partial charge in [-0.25, -0.2) is 0 Å². The van der Waals surface area contributed by atoms with E-state index in [4.69, 9.17) is 4.42 Å². The molecule has 0 bridgehead atoms. The molecule has 0 spiro atoms. The lowest BCUT2D eigenvalue weighted by Gasteiger charge is -2.33. The van der Waals surface area contributed by atoms with Crippen molar-refractivity contribution in [2.24, 2.45) is 5.92 Å². The molecule has 3 rings (SSSR count). The van der Waals surface area contributed by atoms with Crippen LogP contribution in [0, 0.1) is 5.92 Å². The van der Waals surface area contributed by atoms with Crippen LogP contribution in [0.2, 0.25) is 0 Å². The Bertz CT molecular complexity index is 489. The molecule has 0 radical (unpaired) electrons. The van der Waals surface area contributed by atoms with E-state index in [1.807, 2.05) is 12.1 Å². The van der Waals surface area contributed by atoms with Crippen LogP contribution in [-0.2, 0) is 4.79 Å². The second-order valence-electron chi connectivity index (χ2n) is 6.40. The van der Waals surface area contributed by atoms with Gasteiger partial charge in [0.15, 0.2) is 0 Å². The third kappa shape index (κ3) is 4.01. The molecule has 1 saturated heterocycles. The fraction of sp³-hybridized carbons (Fsp3) is 0.611. The third-order valence-electron chi connectivity index (χ3n) is 4.76. The summed E-state index contributed by atoms with van der Waals surface area (Å²) in [6.07, 6.45) is 12.7. The van der Waals surface area contributed by atoms with E-state index in [1.54, 1.807) is 6.26 Å². The lowest BCUT2D eigenvalue weighted by atomic mass is 10.0. The monoisotopic (exact) mass is 302 g/mol. The highest BCUT2D eigenvalue weighted by Gasteiger charge is 2.25. The van der Waals surface area contributed by atoms with Crippen LogP contribution in [-0.4, -0.2) is 30.4 Å². The minimum atomic E-state index is 0.158. The molecule has 0 unspecified atom stereocenters. The van der Waals surface area contributed by atoms with Crippen molar-refractivity contribution in [2.45, 2.75) is 44.6 Å². The lowest BCUT2D eigenvalue weighted by Crippen LogP contribution is -2.40. The number of carbonyl (C=O) groups is 1. The minimum absolute atomic E-state index is 0.158. The van der Waals surface area contributed by atoms with Crippen LogP contribution < -0.4 is 5.32 Å². The van der Waals surface area contributed by atoms with Crippen LogP contribution in [0.5, 0.6) is 0 Å².